The molecule has 0 aliphatic heterocycles. The van der Waals surface area contributed by atoms with Crippen molar-refractivity contribution in [3.63, 3.8) is 0 Å². The minimum absolute atomic E-state index is 0.0260. The van der Waals surface area contributed by atoms with E-state index in [1.165, 1.54) is 25.1 Å². The number of aryl methyl sites for hydroxylation is 1. The quantitative estimate of drug-likeness (QED) is 0.527. The molecule has 1 amide bonds. The Balaban J connectivity index is 1.75. The molecule has 1 N–H and O–H groups in total. The molecule has 0 aliphatic rings. The average molecular weight is 377 g/mol. The molecule has 3 rings (SSSR count). The van der Waals surface area contributed by atoms with Crippen molar-refractivity contribution in [1.29, 1.82) is 0 Å². The first kappa shape index (κ1) is 19.2. The molecule has 1 aromatic heterocycles. The molecule has 0 radical (unpaired) electrons. The third-order valence-corrected chi connectivity index (χ3v) is 4.38. The van der Waals surface area contributed by atoms with Crippen molar-refractivity contribution >= 4 is 23.5 Å². The highest BCUT2D eigenvalue weighted by molar-refractivity contribution is 6.02. The minimum atomic E-state index is -0.307. The molecule has 0 spiro atoms. The molecule has 1 heterocycles. The third-order valence-electron chi connectivity index (χ3n) is 4.38. The summed E-state index contributed by atoms with van der Waals surface area (Å²) < 4.78 is 14.9. The predicted octanol–water partition coefficient (Wildman–Crippen LogP) is 4.48. The average Bonchev–Trinajstić information content (AvgIpc) is 2.95. The summed E-state index contributed by atoms with van der Waals surface area (Å²) in [5, 5.41) is 7.23. The minimum Gasteiger partial charge on any atom is -0.323 e. The summed E-state index contributed by atoms with van der Waals surface area (Å²) in [7, 11) is 0. The molecule has 0 fully saturated rings. The Morgan fingerprint density at radius 3 is 2.29 bits per heavy atom. The van der Waals surface area contributed by atoms with Crippen LogP contribution in [0.4, 0.5) is 10.1 Å². The number of anilines is 1. The van der Waals surface area contributed by atoms with Gasteiger partial charge < -0.3 is 5.32 Å². The van der Waals surface area contributed by atoms with Crippen molar-refractivity contribution in [3.8, 4) is 5.69 Å². The highest BCUT2D eigenvalue weighted by Crippen LogP contribution is 2.19. The summed E-state index contributed by atoms with van der Waals surface area (Å²) in [4.78, 5) is 23.5. The lowest BCUT2D eigenvalue weighted by Crippen LogP contribution is -2.08. The Labute approximate surface area is 162 Å². The van der Waals surface area contributed by atoms with E-state index in [9.17, 15) is 14.0 Å². The van der Waals surface area contributed by atoms with E-state index < -0.39 is 0 Å². The van der Waals surface area contributed by atoms with Crippen LogP contribution in [0.3, 0.4) is 0 Å². The lowest BCUT2D eigenvalue weighted by Gasteiger charge is -2.04. The van der Waals surface area contributed by atoms with Crippen molar-refractivity contribution in [2.45, 2.75) is 20.8 Å². The van der Waals surface area contributed by atoms with Crippen LogP contribution in [0.5, 0.6) is 0 Å². The van der Waals surface area contributed by atoms with Crippen LogP contribution < -0.4 is 5.32 Å². The molecule has 0 saturated carbocycles. The van der Waals surface area contributed by atoms with Gasteiger partial charge in [-0.25, -0.2) is 9.07 Å². The molecule has 2 aromatic carbocycles. The second-order valence-corrected chi connectivity index (χ2v) is 6.43. The molecule has 0 bridgehead atoms. The van der Waals surface area contributed by atoms with Gasteiger partial charge in [-0.2, -0.15) is 5.10 Å². The van der Waals surface area contributed by atoms with Crippen molar-refractivity contribution in [1.82, 2.24) is 9.78 Å². The topological polar surface area (TPSA) is 64.0 Å². The molecule has 28 heavy (non-hydrogen) atoms. The Kier molecular flexibility index (Phi) is 5.49. The lowest BCUT2D eigenvalue weighted by atomic mass is 10.1. The van der Waals surface area contributed by atoms with Gasteiger partial charge in [0.15, 0.2) is 5.78 Å². The maximum atomic E-state index is 13.1. The fraction of sp³-hybridized carbons (Fsp3) is 0.136. The van der Waals surface area contributed by atoms with Gasteiger partial charge in [0.1, 0.15) is 5.82 Å². The molecule has 0 aliphatic carbocycles. The maximum Gasteiger partial charge on any atom is 0.248 e. The van der Waals surface area contributed by atoms with Crippen LogP contribution in [0.25, 0.3) is 11.8 Å². The van der Waals surface area contributed by atoms with Gasteiger partial charge in [-0.05, 0) is 75.4 Å². The molecule has 6 heteroatoms. The molecule has 0 atom stereocenters. The first-order valence-corrected chi connectivity index (χ1v) is 8.77. The Hall–Kier alpha value is -3.54. The molecule has 5 nitrogen and oxygen atoms in total. The summed E-state index contributed by atoms with van der Waals surface area (Å²) in [5.74, 6) is -0.621. The number of rotatable bonds is 5. The first-order valence-electron chi connectivity index (χ1n) is 8.77. The highest BCUT2D eigenvalue weighted by Gasteiger charge is 2.11. The van der Waals surface area contributed by atoms with E-state index in [2.05, 4.69) is 10.4 Å². The number of aromatic nitrogens is 2. The molecule has 3 aromatic rings. The van der Waals surface area contributed by atoms with Crippen molar-refractivity contribution in [2.75, 3.05) is 5.32 Å². The monoisotopic (exact) mass is 377 g/mol. The number of carbonyl (C=O) groups excluding carboxylic acids is 2. The number of hydrogen-bond acceptors (Lipinski definition) is 3. The van der Waals surface area contributed by atoms with Gasteiger partial charge in [0.05, 0.1) is 11.4 Å². The van der Waals surface area contributed by atoms with E-state index in [0.29, 0.717) is 11.3 Å². The molecular formula is C22H20FN3O2. The van der Waals surface area contributed by atoms with Crippen LogP contribution in [0.15, 0.2) is 54.6 Å². The van der Waals surface area contributed by atoms with Gasteiger partial charge in [-0.15, -0.1) is 0 Å². The van der Waals surface area contributed by atoms with Gasteiger partial charge in [-0.1, -0.05) is 0 Å². The summed E-state index contributed by atoms with van der Waals surface area (Å²) in [6.07, 6.45) is 3.14. The number of ketones is 1. The largest absolute Gasteiger partial charge is 0.323 e. The standard InChI is InChI=1S/C22H20FN3O2/c1-14-21(15(2)26(25-14)20-10-6-18(23)7-11-20)12-13-22(28)24-19-8-4-17(5-9-19)16(3)27/h4-13H,1-3H3,(H,24,28). The van der Waals surface area contributed by atoms with Crippen molar-refractivity contribution in [3.05, 3.63) is 82.9 Å². The number of nitrogens with zero attached hydrogens (tertiary/aromatic N) is 2. The maximum absolute atomic E-state index is 13.1. The lowest BCUT2D eigenvalue weighted by molar-refractivity contribution is -0.111. The summed E-state index contributed by atoms with van der Waals surface area (Å²) in [6.45, 7) is 5.24. The van der Waals surface area contributed by atoms with Crippen LogP contribution in [-0.4, -0.2) is 21.5 Å². The smallest absolute Gasteiger partial charge is 0.248 e. The number of Topliss-reactive ketones (excluding diaryl/α,β-unsaturated/α-hetero) is 1. The summed E-state index contributed by atoms with van der Waals surface area (Å²) >= 11 is 0. The number of halogens is 1. The Morgan fingerprint density at radius 2 is 1.68 bits per heavy atom. The molecule has 142 valence electrons. The van der Waals surface area contributed by atoms with Crippen molar-refractivity contribution < 1.29 is 14.0 Å². The Bertz CT molecular complexity index is 1050. The van der Waals surface area contributed by atoms with Crippen LogP contribution in [0.1, 0.15) is 34.2 Å². The molecule has 0 unspecified atom stereocenters. The molecule has 0 saturated heterocycles. The third kappa shape index (κ3) is 4.23. The molecular weight excluding hydrogens is 357 g/mol. The van der Waals surface area contributed by atoms with E-state index in [1.807, 2.05) is 13.8 Å². The second-order valence-electron chi connectivity index (χ2n) is 6.43. The van der Waals surface area contributed by atoms with E-state index in [1.54, 1.807) is 47.2 Å². The van der Waals surface area contributed by atoms with E-state index in [0.717, 1.165) is 22.6 Å². The second kappa shape index (κ2) is 8.00. The number of amides is 1. The van der Waals surface area contributed by atoms with E-state index >= 15 is 0 Å². The van der Waals surface area contributed by atoms with Crippen LogP contribution in [-0.2, 0) is 4.79 Å². The van der Waals surface area contributed by atoms with Gasteiger partial charge in [0, 0.05) is 28.6 Å². The summed E-state index contributed by atoms with van der Waals surface area (Å²) in [6, 6.07) is 12.8. The Morgan fingerprint density at radius 1 is 1.04 bits per heavy atom. The fourth-order valence-electron chi connectivity index (χ4n) is 2.86. The SMILES string of the molecule is CC(=O)c1ccc(NC(=O)C=Cc2c(C)nn(-c3ccc(F)cc3)c2C)cc1. The zero-order valence-corrected chi connectivity index (χ0v) is 15.9. The number of benzene rings is 2. The van der Waals surface area contributed by atoms with Crippen molar-refractivity contribution in [2.24, 2.45) is 0 Å². The fourth-order valence-corrected chi connectivity index (χ4v) is 2.86. The van der Waals surface area contributed by atoms with E-state index in [4.69, 9.17) is 0 Å². The number of carbonyl (C=O) groups is 2. The van der Waals surface area contributed by atoms with Gasteiger partial charge in [0.25, 0.3) is 0 Å². The number of nitrogens with one attached hydrogen (secondary N) is 1. The zero-order chi connectivity index (χ0) is 20.3. The van der Waals surface area contributed by atoms with E-state index in [-0.39, 0.29) is 17.5 Å². The van der Waals surface area contributed by atoms with Crippen LogP contribution in [0.2, 0.25) is 0 Å². The van der Waals surface area contributed by atoms with Gasteiger partial charge in [-0.3, -0.25) is 9.59 Å². The number of hydrogen-bond donors (Lipinski definition) is 1. The van der Waals surface area contributed by atoms with Gasteiger partial charge >= 0.3 is 0 Å². The first-order chi connectivity index (χ1) is 13.3. The zero-order valence-electron chi connectivity index (χ0n) is 15.9. The van der Waals surface area contributed by atoms with Gasteiger partial charge in [0.2, 0.25) is 5.91 Å². The van der Waals surface area contributed by atoms with Crippen LogP contribution in [0, 0.1) is 19.7 Å². The van der Waals surface area contributed by atoms with Crippen LogP contribution >= 0.6 is 0 Å². The predicted molar refractivity (Wildman–Crippen MR) is 107 cm³/mol. The normalized spacial score (nSPS) is 11.0. The summed E-state index contributed by atoms with van der Waals surface area (Å²) in [5.41, 5.74) is 4.38. The highest BCUT2D eigenvalue weighted by atomic mass is 19.1.